The SMILES string of the molecule is C1=COC2CCCCC2O1. The molecule has 0 saturated heterocycles. The van der Waals surface area contributed by atoms with Gasteiger partial charge in [-0.2, -0.15) is 0 Å². The van der Waals surface area contributed by atoms with Crippen LogP contribution in [-0.4, -0.2) is 12.2 Å². The van der Waals surface area contributed by atoms with Gasteiger partial charge < -0.3 is 9.47 Å². The van der Waals surface area contributed by atoms with E-state index < -0.39 is 0 Å². The molecule has 2 atom stereocenters. The van der Waals surface area contributed by atoms with E-state index in [1.54, 1.807) is 12.5 Å². The molecule has 56 valence electrons. The second-order valence-electron chi connectivity index (χ2n) is 2.91. The largest absolute Gasteiger partial charge is 0.491 e. The first kappa shape index (κ1) is 6.08. The van der Waals surface area contributed by atoms with E-state index >= 15 is 0 Å². The van der Waals surface area contributed by atoms with Gasteiger partial charge in [-0.1, -0.05) is 0 Å². The van der Waals surface area contributed by atoms with Crippen molar-refractivity contribution in [2.75, 3.05) is 0 Å². The van der Waals surface area contributed by atoms with Gasteiger partial charge in [-0.25, -0.2) is 0 Å². The first-order valence-electron chi connectivity index (χ1n) is 3.93. The molecule has 0 bridgehead atoms. The Labute approximate surface area is 60.8 Å². The van der Waals surface area contributed by atoms with Gasteiger partial charge >= 0.3 is 0 Å². The Morgan fingerprint density at radius 3 is 1.90 bits per heavy atom. The molecule has 10 heavy (non-hydrogen) atoms. The molecule has 0 amide bonds. The molecule has 0 radical (unpaired) electrons. The zero-order valence-electron chi connectivity index (χ0n) is 5.95. The highest BCUT2D eigenvalue weighted by Crippen LogP contribution is 2.26. The van der Waals surface area contributed by atoms with Crippen molar-refractivity contribution in [3.8, 4) is 0 Å². The van der Waals surface area contributed by atoms with E-state index in [1.807, 2.05) is 0 Å². The summed E-state index contributed by atoms with van der Waals surface area (Å²) in [7, 11) is 0. The van der Waals surface area contributed by atoms with Gasteiger partial charge in [0.2, 0.25) is 0 Å². The van der Waals surface area contributed by atoms with Crippen molar-refractivity contribution in [2.24, 2.45) is 0 Å². The summed E-state index contributed by atoms with van der Waals surface area (Å²) in [5, 5.41) is 0. The highest BCUT2D eigenvalue weighted by atomic mass is 16.6. The fourth-order valence-corrected chi connectivity index (χ4v) is 1.64. The van der Waals surface area contributed by atoms with Gasteiger partial charge in [0.1, 0.15) is 24.7 Å². The number of hydrogen-bond acceptors (Lipinski definition) is 2. The second kappa shape index (κ2) is 2.52. The van der Waals surface area contributed by atoms with Crippen molar-refractivity contribution in [2.45, 2.75) is 37.9 Å². The zero-order valence-corrected chi connectivity index (χ0v) is 5.95. The summed E-state index contributed by atoms with van der Waals surface area (Å²) in [6, 6.07) is 0. The number of rotatable bonds is 0. The smallest absolute Gasteiger partial charge is 0.135 e. The summed E-state index contributed by atoms with van der Waals surface area (Å²) in [6.45, 7) is 0. The molecular formula is C8H12O2. The minimum atomic E-state index is 0.346. The topological polar surface area (TPSA) is 18.5 Å². The molecule has 1 aliphatic heterocycles. The molecule has 0 spiro atoms. The van der Waals surface area contributed by atoms with Crippen LogP contribution < -0.4 is 0 Å². The number of hydrogen-bond donors (Lipinski definition) is 0. The predicted octanol–water partition coefficient (Wildman–Crippen LogP) is 1.82. The average Bonchev–Trinajstić information content (AvgIpc) is 2.05. The first-order chi connectivity index (χ1) is 4.97. The fourth-order valence-electron chi connectivity index (χ4n) is 1.64. The molecular weight excluding hydrogens is 128 g/mol. The van der Waals surface area contributed by atoms with Crippen LogP contribution in [0.5, 0.6) is 0 Å². The molecule has 0 N–H and O–H groups in total. The van der Waals surface area contributed by atoms with E-state index in [9.17, 15) is 0 Å². The van der Waals surface area contributed by atoms with Gasteiger partial charge in [-0.3, -0.25) is 0 Å². The molecule has 0 aromatic carbocycles. The van der Waals surface area contributed by atoms with Crippen LogP contribution in [0.4, 0.5) is 0 Å². The van der Waals surface area contributed by atoms with E-state index in [2.05, 4.69) is 0 Å². The standard InChI is InChI=1S/C8H12O2/c1-2-4-8-7(3-1)9-5-6-10-8/h5-8H,1-4H2. The molecule has 2 rings (SSSR count). The van der Waals surface area contributed by atoms with Crippen LogP contribution in [0.2, 0.25) is 0 Å². The van der Waals surface area contributed by atoms with Crippen LogP contribution in [0.1, 0.15) is 25.7 Å². The van der Waals surface area contributed by atoms with Crippen LogP contribution in [0, 0.1) is 0 Å². The van der Waals surface area contributed by atoms with Crippen molar-refractivity contribution in [1.82, 2.24) is 0 Å². The molecule has 2 heteroatoms. The lowest BCUT2D eigenvalue weighted by Crippen LogP contribution is -2.34. The van der Waals surface area contributed by atoms with E-state index in [-0.39, 0.29) is 0 Å². The van der Waals surface area contributed by atoms with Crippen molar-refractivity contribution in [3.63, 3.8) is 0 Å². The lowest BCUT2D eigenvalue weighted by molar-refractivity contribution is -0.0543. The summed E-state index contributed by atoms with van der Waals surface area (Å²) < 4.78 is 10.8. The van der Waals surface area contributed by atoms with Gasteiger partial charge in [0.15, 0.2) is 0 Å². The maximum absolute atomic E-state index is 5.38. The van der Waals surface area contributed by atoms with Crippen LogP contribution in [0.15, 0.2) is 12.5 Å². The number of ether oxygens (including phenoxy) is 2. The lowest BCUT2D eigenvalue weighted by Gasteiger charge is -2.32. The quantitative estimate of drug-likeness (QED) is 0.511. The molecule has 1 fully saturated rings. The molecule has 1 heterocycles. The Bertz CT molecular complexity index is 126. The third kappa shape index (κ3) is 0.981. The Kier molecular flexibility index (Phi) is 1.53. The van der Waals surface area contributed by atoms with Crippen LogP contribution >= 0.6 is 0 Å². The molecule has 0 aromatic rings. The zero-order chi connectivity index (χ0) is 6.81. The molecule has 0 aromatic heterocycles. The maximum atomic E-state index is 5.38. The third-order valence-corrected chi connectivity index (χ3v) is 2.20. The predicted molar refractivity (Wildman–Crippen MR) is 37.4 cm³/mol. The maximum Gasteiger partial charge on any atom is 0.135 e. The summed E-state index contributed by atoms with van der Waals surface area (Å²) >= 11 is 0. The lowest BCUT2D eigenvalue weighted by atomic mass is 9.94. The van der Waals surface area contributed by atoms with Gasteiger partial charge in [0.25, 0.3) is 0 Å². The Balaban J connectivity index is 2.01. The summed E-state index contributed by atoms with van der Waals surface area (Å²) in [5.41, 5.74) is 0. The monoisotopic (exact) mass is 140 g/mol. The van der Waals surface area contributed by atoms with Gasteiger partial charge in [-0.05, 0) is 25.7 Å². The van der Waals surface area contributed by atoms with Crippen molar-refractivity contribution < 1.29 is 9.47 Å². The van der Waals surface area contributed by atoms with Crippen molar-refractivity contribution in [1.29, 1.82) is 0 Å². The minimum absolute atomic E-state index is 0.346. The van der Waals surface area contributed by atoms with E-state index in [0.29, 0.717) is 12.2 Å². The van der Waals surface area contributed by atoms with Crippen molar-refractivity contribution in [3.05, 3.63) is 12.5 Å². The molecule has 2 unspecified atom stereocenters. The second-order valence-corrected chi connectivity index (χ2v) is 2.91. The Hall–Kier alpha value is -0.660. The highest BCUT2D eigenvalue weighted by molar-refractivity contribution is 4.84. The van der Waals surface area contributed by atoms with Gasteiger partial charge in [-0.15, -0.1) is 0 Å². The van der Waals surface area contributed by atoms with Crippen LogP contribution in [-0.2, 0) is 9.47 Å². The Morgan fingerprint density at radius 1 is 0.900 bits per heavy atom. The normalized spacial score (nSPS) is 37.6. The summed E-state index contributed by atoms with van der Waals surface area (Å²) in [5.74, 6) is 0. The average molecular weight is 140 g/mol. The van der Waals surface area contributed by atoms with Crippen LogP contribution in [0.25, 0.3) is 0 Å². The summed E-state index contributed by atoms with van der Waals surface area (Å²) in [6.07, 6.45) is 8.91. The van der Waals surface area contributed by atoms with Gasteiger partial charge in [0, 0.05) is 0 Å². The molecule has 1 saturated carbocycles. The van der Waals surface area contributed by atoms with E-state index in [4.69, 9.17) is 9.47 Å². The van der Waals surface area contributed by atoms with E-state index in [0.717, 1.165) is 12.8 Å². The van der Waals surface area contributed by atoms with Crippen LogP contribution in [0.3, 0.4) is 0 Å². The number of fused-ring (bicyclic) bond motifs is 1. The minimum Gasteiger partial charge on any atom is -0.491 e. The molecule has 2 aliphatic rings. The highest BCUT2D eigenvalue weighted by Gasteiger charge is 2.28. The van der Waals surface area contributed by atoms with Crippen molar-refractivity contribution >= 4 is 0 Å². The fraction of sp³-hybridized carbons (Fsp3) is 0.750. The summed E-state index contributed by atoms with van der Waals surface area (Å²) in [4.78, 5) is 0. The van der Waals surface area contributed by atoms with Gasteiger partial charge in [0.05, 0.1) is 0 Å². The first-order valence-corrected chi connectivity index (χ1v) is 3.93. The molecule has 1 aliphatic carbocycles. The molecule has 2 nitrogen and oxygen atoms in total. The Morgan fingerprint density at radius 2 is 1.40 bits per heavy atom. The van der Waals surface area contributed by atoms with E-state index in [1.165, 1.54) is 12.8 Å². The third-order valence-electron chi connectivity index (χ3n) is 2.20.